The second-order valence-electron chi connectivity index (χ2n) is 6.91. The molecule has 1 heterocycles. The summed E-state index contributed by atoms with van der Waals surface area (Å²) in [6.07, 6.45) is -1.22. The fourth-order valence-electron chi connectivity index (χ4n) is 3.34. The summed E-state index contributed by atoms with van der Waals surface area (Å²) in [5.41, 5.74) is -0.234. The van der Waals surface area contributed by atoms with Gasteiger partial charge < -0.3 is 9.47 Å². The molecule has 1 saturated heterocycles. The van der Waals surface area contributed by atoms with Crippen molar-refractivity contribution < 1.29 is 32.2 Å². The Morgan fingerprint density at radius 2 is 1.88 bits per heavy atom. The smallest absolute Gasteiger partial charge is 0.416 e. The van der Waals surface area contributed by atoms with Gasteiger partial charge in [0.05, 0.1) is 25.5 Å². The number of allylic oxidation sites excluding steroid dienone is 1. The quantitative estimate of drug-likeness (QED) is 0.292. The molecule has 0 aromatic heterocycles. The first kappa shape index (κ1) is 24.0. The van der Waals surface area contributed by atoms with E-state index in [-0.39, 0.29) is 16.4 Å². The van der Waals surface area contributed by atoms with E-state index < -0.39 is 23.6 Å². The predicted octanol–water partition coefficient (Wildman–Crippen LogP) is 4.28. The highest BCUT2D eigenvalue weighted by Gasteiger charge is 2.36. The van der Waals surface area contributed by atoms with Crippen molar-refractivity contribution in [3.05, 3.63) is 71.3 Å². The lowest BCUT2D eigenvalue weighted by Crippen LogP contribution is -2.54. The van der Waals surface area contributed by atoms with Gasteiger partial charge in [-0.05, 0) is 60.6 Å². The lowest BCUT2D eigenvalue weighted by atomic mass is 10.0. The highest BCUT2D eigenvalue weighted by molar-refractivity contribution is 7.80. The molecule has 33 heavy (non-hydrogen) atoms. The number of ether oxygens (including phenoxy) is 2. The normalized spacial score (nSPS) is 15.5. The van der Waals surface area contributed by atoms with Crippen LogP contribution < -0.4 is 19.7 Å². The van der Waals surface area contributed by atoms with Crippen LogP contribution in [-0.2, 0) is 22.2 Å². The maximum atomic E-state index is 13.2. The average molecular weight is 476 g/mol. The molecule has 1 aliphatic heterocycles. The van der Waals surface area contributed by atoms with Crippen LogP contribution in [0.3, 0.4) is 0 Å². The third kappa shape index (κ3) is 4.90. The summed E-state index contributed by atoms with van der Waals surface area (Å²) in [6.45, 7) is 3.70. The summed E-state index contributed by atoms with van der Waals surface area (Å²) >= 11 is 5.06. The monoisotopic (exact) mass is 476 g/mol. The molecular weight excluding hydrogens is 457 g/mol. The number of rotatable bonds is 6. The van der Waals surface area contributed by atoms with Crippen LogP contribution in [-0.4, -0.2) is 31.1 Å². The first-order valence-electron chi connectivity index (χ1n) is 9.55. The second kappa shape index (κ2) is 9.45. The number of carbonyl (C=O) groups excluding carboxylic acids is 2. The highest BCUT2D eigenvalue weighted by atomic mass is 32.1. The second-order valence-corrected chi connectivity index (χ2v) is 7.30. The van der Waals surface area contributed by atoms with Crippen LogP contribution in [0.1, 0.15) is 16.7 Å². The van der Waals surface area contributed by atoms with E-state index in [1.807, 2.05) is 0 Å². The van der Waals surface area contributed by atoms with E-state index in [1.54, 1.807) is 18.2 Å². The molecule has 0 aliphatic carbocycles. The molecule has 172 valence electrons. The van der Waals surface area contributed by atoms with E-state index in [0.29, 0.717) is 29.0 Å². The molecule has 2 aromatic carbocycles. The first-order chi connectivity index (χ1) is 15.6. The van der Waals surface area contributed by atoms with Crippen molar-refractivity contribution >= 4 is 40.9 Å². The Morgan fingerprint density at radius 3 is 2.48 bits per heavy atom. The van der Waals surface area contributed by atoms with Gasteiger partial charge in [-0.2, -0.15) is 13.2 Å². The van der Waals surface area contributed by atoms with E-state index in [0.717, 1.165) is 23.1 Å². The lowest BCUT2D eigenvalue weighted by molar-refractivity contribution is -0.137. The van der Waals surface area contributed by atoms with Crippen LogP contribution in [0.2, 0.25) is 0 Å². The van der Waals surface area contributed by atoms with Crippen LogP contribution in [0.15, 0.2) is 54.6 Å². The van der Waals surface area contributed by atoms with Gasteiger partial charge in [0.2, 0.25) is 0 Å². The van der Waals surface area contributed by atoms with Gasteiger partial charge in [-0.25, -0.2) is 0 Å². The Bertz CT molecular complexity index is 1170. The molecule has 0 saturated carbocycles. The first-order valence-corrected chi connectivity index (χ1v) is 9.96. The zero-order valence-corrected chi connectivity index (χ0v) is 18.5. The van der Waals surface area contributed by atoms with E-state index in [9.17, 15) is 22.8 Å². The van der Waals surface area contributed by atoms with E-state index in [4.69, 9.17) is 21.7 Å². The molecule has 6 nitrogen and oxygen atoms in total. The van der Waals surface area contributed by atoms with Gasteiger partial charge in [0.15, 0.2) is 16.6 Å². The largest absolute Gasteiger partial charge is 0.493 e. The van der Waals surface area contributed by atoms with Crippen molar-refractivity contribution in [2.75, 3.05) is 19.1 Å². The number of thiocarbonyl (C=S) groups is 1. The molecule has 2 aromatic rings. The Morgan fingerprint density at radius 1 is 1.15 bits per heavy atom. The van der Waals surface area contributed by atoms with E-state index in [2.05, 4.69) is 11.9 Å². The minimum absolute atomic E-state index is 0.120. The molecule has 1 fully saturated rings. The summed E-state index contributed by atoms with van der Waals surface area (Å²) < 4.78 is 50.2. The molecule has 3 rings (SSSR count). The van der Waals surface area contributed by atoms with Gasteiger partial charge in [0, 0.05) is 5.56 Å². The highest BCUT2D eigenvalue weighted by Crippen LogP contribution is 2.35. The lowest BCUT2D eigenvalue weighted by Gasteiger charge is -2.29. The topological polar surface area (TPSA) is 67.9 Å². The molecule has 0 atom stereocenters. The Kier molecular flexibility index (Phi) is 6.87. The van der Waals surface area contributed by atoms with Crippen molar-refractivity contribution in [3.8, 4) is 11.5 Å². The molecular formula is C23H19F3N2O4S. The fourth-order valence-corrected chi connectivity index (χ4v) is 3.62. The number of nitrogens with one attached hydrogen (secondary N) is 1. The minimum Gasteiger partial charge on any atom is -0.493 e. The van der Waals surface area contributed by atoms with E-state index >= 15 is 0 Å². The number of hydrogen-bond donors (Lipinski definition) is 1. The molecule has 10 heteroatoms. The number of hydrogen-bond acceptors (Lipinski definition) is 5. The number of carbonyl (C=O) groups is 2. The molecule has 2 amide bonds. The summed E-state index contributed by atoms with van der Waals surface area (Å²) in [6, 6.07) is 7.38. The van der Waals surface area contributed by atoms with Crippen molar-refractivity contribution in [1.29, 1.82) is 0 Å². The van der Waals surface area contributed by atoms with Crippen molar-refractivity contribution in [1.82, 2.24) is 5.32 Å². The zero-order valence-electron chi connectivity index (χ0n) is 17.7. The molecule has 0 unspecified atom stereocenters. The third-order valence-corrected chi connectivity index (χ3v) is 5.07. The van der Waals surface area contributed by atoms with Gasteiger partial charge in [0.25, 0.3) is 11.8 Å². The fraction of sp³-hybridized carbons (Fsp3) is 0.174. The molecule has 0 spiro atoms. The minimum atomic E-state index is -4.61. The number of benzene rings is 2. The van der Waals surface area contributed by atoms with Crippen LogP contribution in [0.5, 0.6) is 11.5 Å². The number of halogens is 3. The Balaban J connectivity index is 2.08. The van der Waals surface area contributed by atoms with Crippen molar-refractivity contribution in [2.45, 2.75) is 12.6 Å². The molecule has 1 N–H and O–H groups in total. The molecule has 1 aliphatic rings. The average Bonchev–Trinajstić information content (AvgIpc) is 2.76. The zero-order chi connectivity index (χ0) is 24.3. The number of anilines is 1. The number of methoxy groups -OCH3 is 2. The maximum absolute atomic E-state index is 13.2. The van der Waals surface area contributed by atoms with Crippen molar-refractivity contribution in [3.63, 3.8) is 0 Å². The Labute approximate surface area is 193 Å². The van der Waals surface area contributed by atoms with Gasteiger partial charge in [-0.1, -0.05) is 12.1 Å². The number of nitrogens with zero attached hydrogens (tertiary/aromatic N) is 1. The maximum Gasteiger partial charge on any atom is 0.416 e. The standard InChI is InChI=1S/C23H19F3N2O4S/c1-4-6-14-9-13(11-18(31-2)19(14)32-3)10-17-20(29)27-22(33)28(21(17)30)16-8-5-7-15(12-16)23(24,25)26/h4-5,7-12H,1,6H2,2-3H3,(H,27,29,33)/b17-10+. The van der Waals surface area contributed by atoms with Gasteiger partial charge in [0.1, 0.15) is 5.57 Å². The predicted molar refractivity (Wildman–Crippen MR) is 121 cm³/mol. The molecule has 0 radical (unpaired) electrons. The third-order valence-electron chi connectivity index (χ3n) is 4.79. The summed E-state index contributed by atoms with van der Waals surface area (Å²) in [5, 5.41) is 2.04. The van der Waals surface area contributed by atoms with E-state index in [1.165, 1.54) is 26.4 Å². The number of alkyl halides is 3. The van der Waals surface area contributed by atoms with Crippen LogP contribution in [0.25, 0.3) is 6.08 Å². The summed E-state index contributed by atoms with van der Waals surface area (Å²) in [5.74, 6) is -0.778. The van der Waals surface area contributed by atoms with Gasteiger partial charge in [-0.15, -0.1) is 6.58 Å². The van der Waals surface area contributed by atoms with Gasteiger partial charge in [-0.3, -0.25) is 19.8 Å². The molecule has 0 bridgehead atoms. The van der Waals surface area contributed by atoms with Crippen LogP contribution in [0, 0.1) is 0 Å². The SMILES string of the molecule is C=CCc1cc(/C=C2\C(=O)NC(=S)N(c3cccc(C(F)(F)F)c3)C2=O)cc(OC)c1OC. The summed E-state index contributed by atoms with van der Waals surface area (Å²) in [4.78, 5) is 26.6. The van der Waals surface area contributed by atoms with Crippen LogP contribution in [0.4, 0.5) is 18.9 Å². The van der Waals surface area contributed by atoms with Gasteiger partial charge >= 0.3 is 6.18 Å². The Hall–Kier alpha value is -3.66. The summed E-state index contributed by atoms with van der Waals surface area (Å²) in [7, 11) is 2.92. The number of amides is 2. The van der Waals surface area contributed by atoms with Crippen LogP contribution >= 0.6 is 12.2 Å². The van der Waals surface area contributed by atoms with Crippen molar-refractivity contribution in [2.24, 2.45) is 0 Å².